The minimum atomic E-state index is -0.237. The Labute approximate surface area is 154 Å². The molecule has 0 fully saturated rings. The number of rotatable bonds is 2. The lowest BCUT2D eigenvalue weighted by molar-refractivity contribution is 0.0850. The van der Waals surface area contributed by atoms with Crippen molar-refractivity contribution in [2.75, 3.05) is 0 Å². The molecule has 0 radical (unpaired) electrons. The molecule has 0 saturated carbocycles. The van der Waals surface area contributed by atoms with Crippen LogP contribution < -0.4 is 4.74 Å². The highest BCUT2D eigenvalue weighted by Gasteiger charge is 2.32. The molecule has 0 aromatic heterocycles. The number of ether oxygens (including phenoxy) is 1. The standard InChI is InChI=1S/C24H22O2/c1-15-9-11-18(12-10-15)21-14-20(25)23-17(3)13-16(2)22(24(23)26-21)19-7-5-4-6-8-19/h4-13,21H,14H2,1-3H3. The fourth-order valence-electron chi connectivity index (χ4n) is 3.80. The van der Waals surface area contributed by atoms with Crippen molar-refractivity contribution in [2.24, 2.45) is 0 Å². The van der Waals surface area contributed by atoms with Crippen molar-refractivity contribution in [3.8, 4) is 16.9 Å². The number of fused-ring (bicyclic) bond motifs is 1. The first-order valence-electron chi connectivity index (χ1n) is 9.00. The molecule has 0 spiro atoms. The second-order valence-electron chi connectivity index (χ2n) is 7.10. The monoisotopic (exact) mass is 342 g/mol. The minimum absolute atomic E-state index is 0.159. The van der Waals surface area contributed by atoms with Crippen LogP contribution in [0.5, 0.6) is 5.75 Å². The van der Waals surface area contributed by atoms with Crippen molar-refractivity contribution in [1.82, 2.24) is 0 Å². The van der Waals surface area contributed by atoms with Crippen LogP contribution in [-0.2, 0) is 0 Å². The number of aryl methyl sites for hydroxylation is 3. The molecule has 1 aliphatic rings. The average molecular weight is 342 g/mol. The molecule has 2 heteroatoms. The summed E-state index contributed by atoms with van der Waals surface area (Å²) in [6.45, 7) is 6.14. The zero-order chi connectivity index (χ0) is 18.3. The van der Waals surface area contributed by atoms with Gasteiger partial charge < -0.3 is 4.74 Å². The molecule has 1 heterocycles. The molecule has 130 valence electrons. The molecule has 0 saturated heterocycles. The van der Waals surface area contributed by atoms with E-state index in [0.717, 1.165) is 39.1 Å². The van der Waals surface area contributed by atoms with Crippen molar-refractivity contribution in [3.63, 3.8) is 0 Å². The highest BCUT2D eigenvalue weighted by Crippen LogP contribution is 2.44. The van der Waals surface area contributed by atoms with Gasteiger partial charge in [-0.3, -0.25) is 4.79 Å². The Bertz CT molecular complexity index is 969. The summed E-state index contributed by atoms with van der Waals surface area (Å²) in [5.41, 5.74) is 7.21. The summed E-state index contributed by atoms with van der Waals surface area (Å²) in [5, 5.41) is 0. The van der Waals surface area contributed by atoms with Crippen molar-refractivity contribution in [2.45, 2.75) is 33.3 Å². The smallest absolute Gasteiger partial charge is 0.170 e. The number of benzene rings is 3. The van der Waals surface area contributed by atoms with Crippen LogP contribution in [0.2, 0.25) is 0 Å². The van der Waals surface area contributed by atoms with Crippen molar-refractivity contribution in [3.05, 3.63) is 88.5 Å². The summed E-state index contributed by atoms with van der Waals surface area (Å²) >= 11 is 0. The number of carbonyl (C=O) groups is 1. The van der Waals surface area contributed by atoms with Gasteiger partial charge in [-0.2, -0.15) is 0 Å². The van der Waals surface area contributed by atoms with Crippen LogP contribution in [0.15, 0.2) is 60.7 Å². The van der Waals surface area contributed by atoms with Gasteiger partial charge in [-0.25, -0.2) is 0 Å². The molecule has 1 atom stereocenters. The van der Waals surface area contributed by atoms with Gasteiger partial charge in [0, 0.05) is 5.56 Å². The number of ketones is 1. The molecule has 26 heavy (non-hydrogen) atoms. The third kappa shape index (κ3) is 2.82. The minimum Gasteiger partial charge on any atom is -0.484 e. The number of Topliss-reactive ketones (excluding diaryl/α,β-unsaturated/α-hetero) is 1. The van der Waals surface area contributed by atoms with Gasteiger partial charge in [0.15, 0.2) is 5.78 Å². The Morgan fingerprint density at radius 1 is 0.846 bits per heavy atom. The molecular weight excluding hydrogens is 320 g/mol. The Hall–Kier alpha value is -2.87. The fourth-order valence-corrected chi connectivity index (χ4v) is 3.80. The van der Waals surface area contributed by atoms with Gasteiger partial charge in [0.05, 0.1) is 12.0 Å². The summed E-state index contributed by atoms with van der Waals surface area (Å²) in [6, 6.07) is 20.5. The quantitative estimate of drug-likeness (QED) is 0.572. The molecule has 0 aliphatic carbocycles. The van der Waals surface area contributed by atoms with E-state index in [4.69, 9.17) is 4.74 Å². The van der Waals surface area contributed by atoms with E-state index < -0.39 is 0 Å². The Kier molecular flexibility index (Phi) is 4.12. The van der Waals surface area contributed by atoms with Gasteiger partial charge in [0.25, 0.3) is 0 Å². The van der Waals surface area contributed by atoms with Crippen LogP contribution >= 0.6 is 0 Å². The second-order valence-corrected chi connectivity index (χ2v) is 7.10. The van der Waals surface area contributed by atoms with Gasteiger partial charge in [0.2, 0.25) is 0 Å². The zero-order valence-electron chi connectivity index (χ0n) is 15.4. The fraction of sp³-hybridized carbons (Fsp3) is 0.208. The third-order valence-electron chi connectivity index (χ3n) is 5.10. The lowest BCUT2D eigenvalue weighted by Crippen LogP contribution is -2.22. The Morgan fingerprint density at radius 2 is 1.50 bits per heavy atom. The molecule has 0 amide bonds. The molecule has 1 unspecified atom stereocenters. The number of hydrogen-bond acceptors (Lipinski definition) is 2. The first-order chi connectivity index (χ1) is 12.5. The van der Waals surface area contributed by atoms with E-state index in [1.54, 1.807) is 0 Å². The van der Waals surface area contributed by atoms with Crippen molar-refractivity contribution in [1.29, 1.82) is 0 Å². The molecule has 0 N–H and O–H groups in total. The maximum Gasteiger partial charge on any atom is 0.170 e. The van der Waals surface area contributed by atoms with Crippen LogP contribution in [0.3, 0.4) is 0 Å². The van der Waals surface area contributed by atoms with Crippen molar-refractivity contribution >= 4 is 5.78 Å². The SMILES string of the molecule is Cc1ccc(C2CC(=O)c3c(C)cc(C)c(-c4ccccc4)c3O2)cc1. The first kappa shape index (κ1) is 16.6. The summed E-state index contributed by atoms with van der Waals surface area (Å²) in [5.74, 6) is 0.891. The Balaban J connectivity index is 1.87. The topological polar surface area (TPSA) is 26.3 Å². The lowest BCUT2D eigenvalue weighted by Gasteiger charge is -2.29. The van der Waals surface area contributed by atoms with E-state index in [0.29, 0.717) is 6.42 Å². The second kappa shape index (κ2) is 6.45. The average Bonchev–Trinajstić information content (AvgIpc) is 2.62. The van der Waals surface area contributed by atoms with E-state index in [1.165, 1.54) is 5.56 Å². The predicted molar refractivity (Wildman–Crippen MR) is 105 cm³/mol. The Morgan fingerprint density at radius 3 is 2.19 bits per heavy atom. The summed E-state index contributed by atoms with van der Waals surface area (Å²) in [4.78, 5) is 13.0. The van der Waals surface area contributed by atoms with E-state index >= 15 is 0 Å². The lowest BCUT2D eigenvalue weighted by atomic mass is 9.87. The van der Waals surface area contributed by atoms with Gasteiger partial charge in [-0.1, -0.05) is 66.2 Å². The maximum absolute atomic E-state index is 13.0. The summed E-state index contributed by atoms with van der Waals surface area (Å²) < 4.78 is 6.45. The van der Waals surface area contributed by atoms with Gasteiger partial charge in [-0.05, 0) is 43.0 Å². The first-order valence-corrected chi connectivity index (χ1v) is 9.00. The highest BCUT2D eigenvalue weighted by molar-refractivity contribution is 6.04. The number of carbonyl (C=O) groups excluding carboxylic acids is 1. The van der Waals surface area contributed by atoms with E-state index in [1.807, 2.05) is 25.1 Å². The van der Waals surface area contributed by atoms with Crippen molar-refractivity contribution < 1.29 is 9.53 Å². The van der Waals surface area contributed by atoms with Gasteiger partial charge in [-0.15, -0.1) is 0 Å². The van der Waals surface area contributed by atoms with Crippen LogP contribution in [0.4, 0.5) is 0 Å². The van der Waals surface area contributed by atoms with E-state index in [2.05, 4.69) is 56.3 Å². The molecule has 2 nitrogen and oxygen atoms in total. The van der Waals surface area contributed by atoms with Gasteiger partial charge >= 0.3 is 0 Å². The van der Waals surface area contributed by atoms with E-state index in [-0.39, 0.29) is 11.9 Å². The number of hydrogen-bond donors (Lipinski definition) is 0. The largest absolute Gasteiger partial charge is 0.484 e. The molecule has 4 rings (SSSR count). The normalized spacial score (nSPS) is 16.1. The molecule has 3 aromatic carbocycles. The van der Waals surface area contributed by atoms with Crippen LogP contribution in [0, 0.1) is 20.8 Å². The van der Waals surface area contributed by atoms with E-state index in [9.17, 15) is 4.79 Å². The summed E-state index contributed by atoms with van der Waals surface area (Å²) in [7, 11) is 0. The molecular formula is C24H22O2. The molecule has 0 bridgehead atoms. The zero-order valence-corrected chi connectivity index (χ0v) is 15.4. The van der Waals surface area contributed by atoms with Crippen LogP contribution in [0.1, 0.15) is 45.1 Å². The van der Waals surface area contributed by atoms with Crippen LogP contribution in [-0.4, -0.2) is 5.78 Å². The maximum atomic E-state index is 13.0. The highest BCUT2D eigenvalue weighted by atomic mass is 16.5. The third-order valence-corrected chi connectivity index (χ3v) is 5.10. The molecule has 1 aliphatic heterocycles. The van der Waals surface area contributed by atoms with Crippen LogP contribution in [0.25, 0.3) is 11.1 Å². The summed E-state index contributed by atoms with van der Waals surface area (Å²) in [6.07, 6.45) is 0.146. The predicted octanol–water partition coefficient (Wildman–Crippen LogP) is 5.99. The molecule has 3 aromatic rings. The van der Waals surface area contributed by atoms with Gasteiger partial charge in [0.1, 0.15) is 11.9 Å².